The van der Waals surface area contributed by atoms with Crippen LogP contribution in [-0.2, 0) is 11.2 Å². The Morgan fingerprint density at radius 2 is 1.77 bits per heavy atom. The number of fused-ring (bicyclic) bond motifs is 1. The van der Waals surface area contributed by atoms with Gasteiger partial charge >= 0.3 is 5.69 Å². The van der Waals surface area contributed by atoms with Crippen molar-refractivity contribution in [3.8, 4) is 11.3 Å². The van der Waals surface area contributed by atoms with Crippen LogP contribution in [0, 0.1) is 20.2 Å². The Kier molecular flexibility index (Phi) is 4.27. The van der Waals surface area contributed by atoms with E-state index in [2.05, 4.69) is 0 Å². The number of benzene rings is 2. The van der Waals surface area contributed by atoms with Crippen LogP contribution in [0.5, 0.6) is 0 Å². The molecule has 0 fully saturated rings. The Labute approximate surface area is 144 Å². The van der Waals surface area contributed by atoms with E-state index in [1.54, 1.807) is 6.07 Å². The average molecular weight is 354 g/mol. The van der Waals surface area contributed by atoms with E-state index in [9.17, 15) is 29.8 Å². The number of rotatable bonds is 5. The van der Waals surface area contributed by atoms with Gasteiger partial charge < -0.3 is 9.21 Å². The van der Waals surface area contributed by atoms with Crippen molar-refractivity contribution in [1.82, 2.24) is 0 Å². The number of carbonyl (C=O) groups excluding carboxylic acids is 1. The van der Waals surface area contributed by atoms with Crippen molar-refractivity contribution in [2.45, 2.75) is 6.42 Å². The van der Waals surface area contributed by atoms with Gasteiger partial charge in [-0.1, -0.05) is 24.3 Å². The predicted octanol–water partition coefficient (Wildman–Crippen LogP) is 3.02. The normalized spacial score (nSPS) is 10.6. The summed E-state index contributed by atoms with van der Waals surface area (Å²) in [6.45, 7) is 0. The lowest BCUT2D eigenvalue weighted by Crippen LogP contribution is -2.11. The first kappa shape index (κ1) is 17.0. The van der Waals surface area contributed by atoms with E-state index in [0.29, 0.717) is 11.8 Å². The maximum absolute atomic E-state index is 12.6. The summed E-state index contributed by atoms with van der Waals surface area (Å²) < 4.78 is 5.62. The molecule has 0 aliphatic rings. The van der Waals surface area contributed by atoms with Gasteiger partial charge in [0, 0.05) is 29.7 Å². The third kappa shape index (κ3) is 2.81. The number of nitro benzene ring substituents is 1. The standard InChI is InChI=1S/C17H10N2O7/c20-8-7-10-3-2-6-13-15(21)14(19(24)25)17(26-16(10)13)11-4-1-5-12(9-11)18(22)23/h1-6,8-9H,7H2. The Morgan fingerprint density at radius 3 is 2.42 bits per heavy atom. The molecule has 9 heteroatoms. The Bertz CT molecular complexity index is 1120. The van der Waals surface area contributed by atoms with E-state index in [0.717, 1.165) is 6.07 Å². The van der Waals surface area contributed by atoms with E-state index < -0.39 is 26.7 Å². The number of hydrogen-bond acceptors (Lipinski definition) is 7. The molecule has 0 bridgehead atoms. The van der Waals surface area contributed by atoms with Crippen LogP contribution in [0.3, 0.4) is 0 Å². The number of nitrogens with zero attached hydrogens (tertiary/aromatic N) is 2. The highest BCUT2D eigenvalue weighted by Gasteiger charge is 2.27. The fourth-order valence-electron chi connectivity index (χ4n) is 2.64. The lowest BCUT2D eigenvalue weighted by Gasteiger charge is -2.07. The minimum absolute atomic E-state index is 0.0193. The summed E-state index contributed by atoms with van der Waals surface area (Å²) >= 11 is 0. The number of hydrogen-bond donors (Lipinski definition) is 0. The topological polar surface area (TPSA) is 134 Å². The molecule has 3 rings (SSSR count). The number of aldehydes is 1. The predicted molar refractivity (Wildman–Crippen MR) is 91.0 cm³/mol. The smallest absolute Gasteiger partial charge is 0.359 e. The van der Waals surface area contributed by atoms with Crippen molar-refractivity contribution in [3.05, 3.63) is 78.5 Å². The molecule has 0 aliphatic carbocycles. The van der Waals surface area contributed by atoms with Crippen molar-refractivity contribution < 1.29 is 19.1 Å². The summed E-state index contributed by atoms with van der Waals surface area (Å²) in [6, 6.07) is 9.41. The minimum Gasteiger partial charge on any atom is -0.448 e. The lowest BCUT2D eigenvalue weighted by molar-refractivity contribution is -0.386. The first-order valence-corrected chi connectivity index (χ1v) is 7.35. The van der Waals surface area contributed by atoms with Gasteiger partial charge in [-0.05, 0) is 6.07 Å². The molecule has 26 heavy (non-hydrogen) atoms. The molecule has 0 saturated heterocycles. The van der Waals surface area contributed by atoms with E-state index in [4.69, 9.17) is 4.42 Å². The molecule has 1 aromatic heterocycles. The maximum atomic E-state index is 12.6. The Morgan fingerprint density at radius 1 is 1.04 bits per heavy atom. The zero-order chi connectivity index (χ0) is 18.8. The van der Waals surface area contributed by atoms with Crippen LogP contribution < -0.4 is 5.43 Å². The molecule has 3 aromatic rings. The maximum Gasteiger partial charge on any atom is 0.359 e. The van der Waals surface area contributed by atoms with E-state index in [1.807, 2.05) is 0 Å². The van der Waals surface area contributed by atoms with Gasteiger partial charge in [0.15, 0.2) is 0 Å². The molecule has 0 N–H and O–H groups in total. The molecular weight excluding hydrogens is 344 g/mol. The highest BCUT2D eigenvalue weighted by Crippen LogP contribution is 2.33. The van der Waals surface area contributed by atoms with Crippen molar-refractivity contribution in [1.29, 1.82) is 0 Å². The van der Waals surface area contributed by atoms with Gasteiger partial charge in [-0.3, -0.25) is 25.0 Å². The molecule has 0 saturated carbocycles. The number of non-ortho nitro benzene ring substituents is 1. The molecule has 0 radical (unpaired) electrons. The molecule has 0 spiro atoms. The van der Waals surface area contributed by atoms with Crippen molar-refractivity contribution in [2.24, 2.45) is 0 Å². The summed E-state index contributed by atoms with van der Waals surface area (Å²) in [5.41, 5.74) is -1.56. The molecule has 0 unspecified atom stereocenters. The molecule has 0 aliphatic heterocycles. The summed E-state index contributed by atoms with van der Waals surface area (Å²) in [5, 5.41) is 22.4. The highest BCUT2D eigenvalue weighted by molar-refractivity contribution is 5.87. The third-order valence-corrected chi connectivity index (χ3v) is 3.78. The van der Waals surface area contributed by atoms with E-state index in [1.165, 1.54) is 30.3 Å². The second kappa shape index (κ2) is 6.55. The van der Waals surface area contributed by atoms with Crippen LogP contribution in [0.15, 0.2) is 51.7 Å². The summed E-state index contributed by atoms with van der Waals surface area (Å²) in [6.07, 6.45) is 0.565. The fraction of sp³-hybridized carbons (Fsp3) is 0.0588. The van der Waals surface area contributed by atoms with Crippen molar-refractivity contribution in [2.75, 3.05) is 0 Å². The van der Waals surface area contributed by atoms with Gasteiger partial charge in [0.2, 0.25) is 5.76 Å². The summed E-state index contributed by atoms with van der Waals surface area (Å²) in [5.74, 6) is -0.394. The van der Waals surface area contributed by atoms with E-state index in [-0.39, 0.29) is 28.6 Å². The van der Waals surface area contributed by atoms with Crippen LogP contribution >= 0.6 is 0 Å². The molecule has 9 nitrogen and oxygen atoms in total. The SMILES string of the molecule is O=CCc1cccc2c(=O)c([N+](=O)[O-])c(-c3cccc([N+](=O)[O-])c3)oc12. The van der Waals surface area contributed by atoms with Gasteiger partial charge in [-0.15, -0.1) is 0 Å². The second-order valence-electron chi connectivity index (χ2n) is 5.34. The monoisotopic (exact) mass is 354 g/mol. The summed E-state index contributed by atoms with van der Waals surface area (Å²) in [7, 11) is 0. The molecular formula is C17H10N2O7. The van der Waals surface area contributed by atoms with Crippen LogP contribution in [-0.4, -0.2) is 16.1 Å². The third-order valence-electron chi connectivity index (χ3n) is 3.78. The minimum atomic E-state index is -0.884. The van der Waals surface area contributed by atoms with Gasteiger partial charge in [-0.25, -0.2) is 0 Å². The molecule has 0 amide bonds. The zero-order valence-corrected chi connectivity index (χ0v) is 13.1. The zero-order valence-electron chi connectivity index (χ0n) is 13.1. The fourth-order valence-corrected chi connectivity index (χ4v) is 2.64. The molecule has 2 aromatic carbocycles. The Balaban J connectivity index is 2.42. The van der Waals surface area contributed by atoms with Gasteiger partial charge in [0.25, 0.3) is 11.1 Å². The van der Waals surface area contributed by atoms with Crippen LogP contribution in [0.4, 0.5) is 11.4 Å². The van der Waals surface area contributed by atoms with E-state index >= 15 is 0 Å². The second-order valence-corrected chi connectivity index (χ2v) is 5.34. The van der Waals surface area contributed by atoms with Crippen LogP contribution in [0.2, 0.25) is 0 Å². The average Bonchev–Trinajstić information content (AvgIpc) is 2.62. The van der Waals surface area contributed by atoms with Crippen LogP contribution in [0.1, 0.15) is 5.56 Å². The quantitative estimate of drug-likeness (QED) is 0.390. The molecule has 1 heterocycles. The molecule has 130 valence electrons. The first-order chi connectivity index (χ1) is 12.4. The largest absolute Gasteiger partial charge is 0.448 e. The van der Waals surface area contributed by atoms with Crippen LogP contribution in [0.25, 0.3) is 22.3 Å². The number of nitro groups is 2. The van der Waals surface area contributed by atoms with Crippen molar-refractivity contribution >= 4 is 28.6 Å². The molecule has 0 atom stereocenters. The number of para-hydroxylation sites is 1. The first-order valence-electron chi connectivity index (χ1n) is 7.35. The lowest BCUT2D eigenvalue weighted by atomic mass is 10.1. The van der Waals surface area contributed by atoms with Gasteiger partial charge in [-0.2, -0.15) is 0 Å². The number of carbonyl (C=O) groups is 1. The van der Waals surface area contributed by atoms with Gasteiger partial charge in [0.05, 0.1) is 15.2 Å². The highest BCUT2D eigenvalue weighted by atomic mass is 16.6. The Hall–Kier alpha value is -3.88. The van der Waals surface area contributed by atoms with Crippen molar-refractivity contribution in [3.63, 3.8) is 0 Å². The van der Waals surface area contributed by atoms with Gasteiger partial charge in [0.1, 0.15) is 11.9 Å². The summed E-state index contributed by atoms with van der Waals surface area (Å²) in [4.78, 5) is 44.3.